The Morgan fingerprint density at radius 1 is 1.25 bits per heavy atom. The Balaban J connectivity index is 2.31. The number of nitrogens with zero attached hydrogens (tertiary/aromatic N) is 1. The number of rotatable bonds is 5. The van der Waals surface area contributed by atoms with Crippen molar-refractivity contribution >= 4 is 27.3 Å². The maximum atomic E-state index is 4.76. The molecule has 2 aromatic rings. The predicted octanol–water partition coefficient (Wildman–Crippen LogP) is 4.59. The third-order valence-corrected chi connectivity index (χ3v) is 5.40. The molecule has 0 aliphatic rings. The van der Waals surface area contributed by atoms with Gasteiger partial charge in [-0.3, -0.25) is 0 Å². The number of halogens is 1. The topological polar surface area (TPSA) is 24.9 Å². The van der Waals surface area contributed by atoms with E-state index in [-0.39, 0.29) is 5.54 Å². The number of thiazole rings is 1. The Morgan fingerprint density at radius 2 is 1.90 bits per heavy atom. The van der Waals surface area contributed by atoms with Crippen LogP contribution in [0.25, 0.3) is 0 Å². The van der Waals surface area contributed by atoms with Crippen LogP contribution >= 0.6 is 27.3 Å². The van der Waals surface area contributed by atoms with E-state index in [1.54, 1.807) is 11.3 Å². The summed E-state index contributed by atoms with van der Waals surface area (Å²) in [5, 5.41) is 4.79. The van der Waals surface area contributed by atoms with Gasteiger partial charge in [0.1, 0.15) is 5.01 Å². The minimum absolute atomic E-state index is 0.105. The molecule has 108 valence electrons. The van der Waals surface area contributed by atoms with E-state index in [9.17, 15) is 0 Å². The number of likely N-dealkylation sites (N-methyl/N-ethyl adjacent to an activating group) is 1. The average Bonchev–Trinajstić information content (AvgIpc) is 2.74. The van der Waals surface area contributed by atoms with E-state index in [0.717, 1.165) is 23.1 Å². The van der Waals surface area contributed by atoms with Gasteiger partial charge >= 0.3 is 0 Å². The maximum Gasteiger partial charge on any atom is 0.113 e. The van der Waals surface area contributed by atoms with Gasteiger partial charge in [-0.25, -0.2) is 4.98 Å². The van der Waals surface area contributed by atoms with Crippen molar-refractivity contribution in [3.63, 3.8) is 0 Å². The molecule has 0 amide bonds. The van der Waals surface area contributed by atoms with Gasteiger partial charge < -0.3 is 5.32 Å². The molecular weight excluding hydrogens is 332 g/mol. The molecule has 1 aromatic carbocycles. The largest absolute Gasteiger partial charge is 0.306 e. The van der Waals surface area contributed by atoms with Crippen molar-refractivity contribution in [3.05, 3.63) is 49.9 Å². The summed E-state index contributed by atoms with van der Waals surface area (Å²) < 4.78 is 1.12. The quantitative estimate of drug-likeness (QED) is 0.850. The van der Waals surface area contributed by atoms with Crippen LogP contribution in [0.2, 0.25) is 0 Å². The van der Waals surface area contributed by atoms with Crippen LogP contribution in [0.3, 0.4) is 0 Å². The molecule has 1 aromatic heterocycles. The molecule has 2 nitrogen and oxygen atoms in total. The molecule has 1 N–H and O–H groups in total. The second-order valence-corrected chi connectivity index (χ2v) is 7.45. The molecule has 0 radical (unpaired) electrons. The van der Waals surface area contributed by atoms with E-state index < -0.39 is 0 Å². The number of hydrogen-bond donors (Lipinski definition) is 1. The fourth-order valence-electron chi connectivity index (χ4n) is 2.32. The minimum Gasteiger partial charge on any atom is -0.306 e. The summed E-state index contributed by atoms with van der Waals surface area (Å²) in [6.45, 7) is 9.55. The molecule has 0 spiro atoms. The van der Waals surface area contributed by atoms with E-state index >= 15 is 0 Å². The first-order chi connectivity index (χ1) is 9.44. The van der Waals surface area contributed by atoms with Gasteiger partial charge in [0.05, 0.1) is 11.2 Å². The third kappa shape index (κ3) is 3.48. The Labute approximate surface area is 133 Å². The van der Waals surface area contributed by atoms with E-state index in [1.807, 2.05) is 0 Å². The highest BCUT2D eigenvalue weighted by Crippen LogP contribution is 2.31. The number of nitrogens with one attached hydrogen (secondary N) is 1. The van der Waals surface area contributed by atoms with Crippen molar-refractivity contribution < 1.29 is 0 Å². The standard InChI is InChI=1S/C16H21BrN2S/c1-5-18-16(4,15-19-11(2)12(3)20-15)10-13-6-8-14(17)9-7-13/h6-9,18H,5,10H2,1-4H3. The SMILES string of the molecule is CCNC(C)(Cc1ccc(Br)cc1)c1nc(C)c(C)s1. The first kappa shape index (κ1) is 15.7. The van der Waals surface area contributed by atoms with Crippen LogP contribution in [0.5, 0.6) is 0 Å². The lowest BCUT2D eigenvalue weighted by Gasteiger charge is -2.28. The number of aromatic nitrogens is 1. The maximum absolute atomic E-state index is 4.76. The van der Waals surface area contributed by atoms with Gasteiger partial charge in [-0.2, -0.15) is 0 Å². The second-order valence-electron chi connectivity index (χ2n) is 5.33. The number of benzene rings is 1. The fraction of sp³-hybridized carbons (Fsp3) is 0.438. The van der Waals surface area contributed by atoms with Gasteiger partial charge in [-0.05, 0) is 51.4 Å². The highest BCUT2D eigenvalue weighted by Gasteiger charge is 2.29. The zero-order valence-corrected chi connectivity index (χ0v) is 14.9. The van der Waals surface area contributed by atoms with Crippen molar-refractivity contribution in [1.82, 2.24) is 10.3 Å². The van der Waals surface area contributed by atoms with Crippen LogP contribution < -0.4 is 5.32 Å². The predicted molar refractivity (Wildman–Crippen MR) is 90.5 cm³/mol. The van der Waals surface area contributed by atoms with Crippen LogP contribution in [0, 0.1) is 13.8 Å². The van der Waals surface area contributed by atoms with E-state index in [4.69, 9.17) is 4.98 Å². The molecule has 1 atom stereocenters. The zero-order chi connectivity index (χ0) is 14.8. The summed E-state index contributed by atoms with van der Waals surface area (Å²) in [7, 11) is 0. The molecule has 0 fully saturated rings. The smallest absolute Gasteiger partial charge is 0.113 e. The third-order valence-electron chi connectivity index (χ3n) is 3.54. The van der Waals surface area contributed by atoms with Crippen molar-refractivity contribution in [1.29, 1.82) is 0 Å². The van der Waals surface area contributed by atoms with Crippen molar-refractivity contribution in [2.45, 2.75) is 39.7 Å². The lowest BCUT2D eigenvalue weighted by molar-refractivity contribution is 0.371. The molecule has 0 bridgehead atoms. The molecule has 0 saturated carbocycles. The van der Waals surface area contributed by atoms with E-state index in [0.29, 0.717) is 0 Å². The van der Waals surface area contributed by atoms with E-state index in [1.165, 1.54) is 15.4 Å². The summed E-state index contributed by atoms with van der Waals surface area (Å²) >= 11 is 5.29. The molecule has 0 aliphatic carbocycles. The summed E-state index contributed by atoms with van der Waals surface area (Å²) in [5.74, 6) is 0. The van der Waals surface area contributed by atoms with Crippen molar-refractivity contribution in [2.24, 2.45) is 0 Å². The number of hydrogen-bond acceptors (Lipinski definition) is 3. The fourth-order valence-corrected chi connectivity index (χ4v) is 3.62. The Bertz CT molecular complexity index is 557. The normalized spacial score (nSPS) is 14.2. The summed E-state index contributed by atoms with van der Waals surface area (Å²) in [4.78, 5) is 6.07. The molecule has 0 aliphatic heterocycles. The molecule has 2 rings (SSSR count). The first-order valence-corrected chi connectivity index (χ1v) is 8.49. The van der Waals surface area contributed by atoms with Gasteiger partial charge in [-0.1, -0.05) is 35.0 Å². The molecule has 20 heavy (non-hydrogen) atoms. The van der Waals surface area contributed by atoms with Gasteiger partial charge in [0.2, 0.25) is 0 Å². The Morgan fingerprint density at radius 3 is 2.40 bits per heavy atom. The highest BCUT2D eigenvalue weighted by molar-refractivity contribution is 9.10. The molecule has 1 unspecified atom stereocenters. The van der Waals surface area contributed by atoms with Crippen LogP contribution in [0.1, 0.15) is 35.0 Å². The Hall–Kier alpha value is -0.710. The number of aryl methyl sites for hydroxylation is 2. The van der Waals surface area contributed by atoms with Gasteiger partial charge in [0.25, 0.3) is 0 Å². The summed E-state index contributed by atoms with van der Waals surface area (Å²) in [5.41, 5.74) is 2.36. The van der Waals surface area contributed by atoms with Crippen LogP contribution in [0.4, 0.5) is 0 Å². The van der Waals surface area contributed by atoms with Crippen LogP contribution in [0.15, 0.2) is 28.7 Å². The Kier molecular flexibility index (Phi) is 4.99. The lowest BCUT2D eigenvalue weighted by atomic mass is 9.93. The summed E-state index contributed by atoms with van der Waals surface area (Å²) in [6.07, 6.45) is 0.945. The van der Waals surface area contributed by atoms with Crippen molar-refractivity contribution in [3.8, 4) is 0 Å². The first-order valence-electron chi connectivity index (χ1n) is 6.88. The average molecular weight is 353 g/mol. The molecule has 0 saturated heterocycles. The van der Waals surface area contributed by atoms with Gasteiger partial charge in [0, 0.05) is 9.35 Å². The summed E-state index contributed by atoms with van der Waals surface area (Å²) in [6, 6.07) is 8.54. The molecular formula is C16H21BrN2S. The van der Waals surface area contributed by atoms with Gasteiger partial charge in [0.15, 0.2) is 0 Å². The minimum atomic E-state index is -0.105. The van der Waals surface area contributed by atoms with E-state index in [2.05, 4.69) is 73.2 Å². The zero-order valence-electron chi connectivity index (χ0n) is 12.5. The molecule has 4 heteroatoms. The van der Waals surface area contributed by atoms with Gasteiger partial charge in [-0.15, -0.1) is 11.3 Å². The second kappa shape index (κ2) is 6.37. The van der Waals surface area contributed by atoms with Crippen LogP contribution in [-0.4, -0.2) is 11.5 Å². The highest BCUT2D eigenvalue weighted by atomic mass is 79.9. The van der Waals surface area contributed by atoms with Crippen LogP contribution in [-0.2, 0) is 12.0 Å². The lowest BCUT2D eigenvalue weighted by Crippen LogP contribution is -2.41. The van der Waals surface area contributed by atoms with Crippen molar-refractivity contribution in [2.75, 3.05) is 6.54 Å². The molecule has 1 heterocycles. The monoisotopic (exact) mass is 352 g/mol.